The maximum atomic E-state index is 12.9. The highest BCUT2D eigenvalue weighted by Crippen LogP contribution is 2.22. The number of carbonyl (C=O) groups excluding carboxylic acids is 2. The smallest absolute Gasteiger partial charge is 0.338 e. The van der Waals surface area contributed by atoms with Crippen LogP contribution in [0.5, 0.6) is 0 Å². The van der Waals surface area contributed by atoms with Crippen LogP contribution < -0.4 is 5.32 Å². The molecule has 0 spiro atoms. The second-order valence-corrected chi connectivity index (χ2v) is 5.10. The lowest BCUT2D eigenvalue weighted by molar-refractivity contribution is -0.119. The van der Waals surface area contributed by atoms with Gasteiger partial charge in [0.2, 0.25) is 0 Å². The molecule has 0 unspecified atom stereocenters. The SMILES string of the molecule is O=C(COC(=O)c1ccc(Cl)cc1)Nc1ccc(F)cc1Cl. The molecule has 0 aliphatic carbocycles. The molecule has 2 aromatic rings. The lowest BCUT2D eigenvalue weighted by Gasteiger charge is -2.08. The van der Waals surface area contributed by atoms with Crippen molar-refractivity contribution >= 4 is 40.8 Å². The summed E-state index contributed by atoms with van der Waals surface area (Å²) in [7, 11) is 0. The Hall–Kier alpha value is -2.11. The predicted molar refractivity (Wildman–Crippen MR) is 81.8 cm³/mol. The zero-order valence-electron chi connectivity index (χ0n) is 11.1. The predicted octanol–water partition coefficient (Wildman–Crippen LogP) is 3.93. The van der Waals surface area contributed by atoms with Gasteiger partial charge in [0, 0.05) is 5.02 Å². The van der Waals surface area contributed by atoms with Gasteiger partial charge in [0.25, 0.3) is 5.91 Å². The van der Waals surface area contributed by atoms with Crippen LogP contribution in [0.1, 0.15) is 10.4 Å². The van der Waals surface area contributed by atoms with Gasteiger partial charge in [-0.25, -0.2) is 9.18 Å². The Kier molecular flexibility index (Phi) is 5.35. The molecule has 0 saturated carbocycles. The minimum Gasteiger partial charge on any atom is -0.452 e. The Labute approximate surface area is 135 Å². The van der Waals surface area contributed by atoms with Crippen LogP contribution in [0.3, 0.4) is 0 Å². The third-order valence-electron chi connectivity index (χ3n) is 2.62. The van der Waals surface area contributed by atoms with E-state index in [9.17, 15) is 14.0 Å². The Balaban J connectivity index is 1.89. The summed E-state index contributed by atoms with van der Waals surface area (Å²) in [5, 5.41) is 2.96. The Morgan fingerprint density at radius 2 is 1.77 bits per heavy atom. The van der Waals surface area contributed by atoms with Crippen LogP contribution in [-0.2, 0) is 9.53 Å². The molecule has 0 bridgehead atoms. The van der Waals surface area contributed by atoms with E-state index >= 15 is 0 Å². The highest BCUT2D eigenvalue weighted by molar-refractivity contribution is 6.33. The summed E-state index contributed by atoms with van der Waals surface area (Å²) in [6.07, 6.45) is 0. The molecule has 4 nitrogen and oxygen atoms in total. The van der Waals surface area contributed by atoms with Gasteiger partial charge < -0.3 is 10.1 Å². The minimum atomic E-state index is -0.656. The molecule has 114 valence electrons. The van der Waals surface area contributed by atoms with Crippen molar-refractivity contribution in [1.29, 1.82) is 0 Å². The average molecular weight is 342 g/mol. The van der Waals surface area contributed by atoms with E-state index in [0.29, 0.717) is 5.02 Å². The van der Waals surface area contributed by atoms with Gasteiger partial charge in [-0.05, 0) is 42.5 Å². The van der Waals surface area contributed by atoms with Gasteiger partial charge in [-0.3, -0.25) is 4.79 Å². The number of amides is 1. The van der Waals surface area contributed by atoms with Gasteiger partial charge >= 0.3 is 5.97 Å². The van der Waals surface area contributed by atoms with E-state index in [0.717, 1.165) is 12.1 Å². The fraction of sp³-hybridized carbons (Fsp3) is 0.0667. The molecular formula is C15H10Cl2FNO3. The van der Waals surface area contributed by atoms with E-state index in [1.165, 1.54) is 30.3 Å². The fourth-order valence-corrected chi connectivity index (χ4v) is 1.92. The van der Waals surface area contributed by atoms with Crippen LogP contribution in [0.15, 0.2) is 42.5 Å². The first-order valence-corrected chi connectivity index (χ1v) is 6.89. The zero-order chi connectivity index (χ0) is 16.1. The number of hydrogen-bond acceptors (Lipinski definition) is 3. The van der Waals surface area contributed by atoms with Gasteiger partial charge in [-0.1, -0.05) is 23.2 Å². The number of halogens is 3. The molecule has 1 N–H and O–H groups in total. The number of esters is 1. The zero-order valence-corrected chi connectivity index (χ0v) is 12.6. The summed E-state index contributed by atoms with van der Waals surface area (Å²) >= 11 is 11.5. The highest BCUT2D eigenvalue weighted by Gasteiger charge is 2.11. The molecule has 0 heterocycles. The third-order valence-corrected chi connectivity index (χ3v) is 3.18. The first-order chi connectivity index (χ1) is 10.5. The Bertz CT molecular complexity index is 704. The summed E-state index contributed by atoms with van der Waals surface area (Å²) in [4.78, 5) is 23.4. The van der Waals surface area contributed by atoms with Gasteiger partial charge in [-0.2, -0.15) is 0 Å². The molecule has 0 fully saturated rings. The molecule has 7 heteroatoms. The summed E-state index contributed by atoms with van der Waals surface area (Å²) in [5.41, 5.74) is 0.507. The molecule has 0 aromatic heterocycles. The number of benzene rings is 2. The minimum absolute atomic E-state index is 0.0531. The van der Waals surface area contributed by atoms with Crippen molar-refractivity contribution in [2.45, 2.75) is 0 Å². The molecule has 2 aromatic carbocycles. The van der Waals surface area contributed by atoms with E-state index in [4.69, 9.17) is 27.9 Å². The molecule has 0 atom stereocenters. The van der Waals surface area contributed by atoms with Gasteiger partial charge in [0.1, 0.15) is 5.82 Å². The number of hydrogen-bond donors (Lipinski definition) is 1. The van der Waals surface area contributed by atoms with Crippen LogP contribution in [0.4, 0.5) is 10.1 Å². The third kappa shape index (κ3) is 4.44. The van der Waals surface area contributed by atoms with E-state index in [2.05, 4.69) is 5.32 Å². The monoisotopic (exact) mass is 341 g/mol. The van der Waals surface area contributed by atoms with E-state index < -0.39 is 24.3 Å². The first-order valence-electron chi connectivity index (χ1n) is 6.13. The number of carbonyl (C=O) groups is 2. The second-order valence-electron chi connectivity index (χ2n) is 4.26. The number of rotatable bonds is 4. The van der Waals surface area contributed by atoms with E-state index in [1.807, 2.05) is 0 Å². The Morgan fingerprint density at radius 3 is 2.41 bits per heavy atom. The second kappa shape index (κ2) is 7.24. The van der Waals surface area contributed by atoms with Crippen molar-refractivity contribution < 1.29 is 18.7 Å². The van der Waals surface area contributed by atoms with Crippen LogP contribution in [0.2, 0.25) is 10.0 Å². The van der Waals surface area contributed by atoms with Crippen molar-refractivity contribution in [3.63, 3.8) is 0 Å². The van der Waals surface area contributed by atoms with E-state index in [1.54, 1.807) is 0 Å². The largest absolute Gasteiger partial charge is 0.452 e. The van der Waals surface area contributed by atoms with E-state index in [-0.39, 0.29) is 16.3 Å². The molecule has 0 aliphatic heterocycles. The summed E-state index contributed by atoms with van der Waals surface area (Å²) < 4.78 is 17.7. The highest BCUT2D eigenvalue weighted by atomic mass is 35.5. The summed E-state index contributed by atoms with van der Waals surface area (Å²) in [6.45, 7) is -0.491. The average Bonchev–Trinajstić information content (AvgIpc) is 2.48. The van der Waals surface area contributed by atoms with Gasteiger partial charge in [-0.15, -0.1) is 0 Å². The lowest BCUT2D eigenvalue weighted by Crippen LogP contribution is -2.21. The maximum absolute atomic E-state index is 12.9. The van der Waals surface area contributed by atoms with Crippen LogP contribution in [0.25, 0.3) is 0 Å². The van der Waals surface area contributed by atoms with Crippen LogP contribution in [-0.4, -0.2) is 18.5 Å². The maximum Gasteiger partial charge on any atom is 0.338 e. The van der Waals surface area contributed by atoms with Gasteiger partial charge in [0.05, 0.1) is 16.3 Å². The standard InChI is InChI=1S/C15H10Cl2FNO3/c16-10-3-1-9(2-4-10)15(21)22-8-14(20)19-13-6-5-11(18)7-12(13)17/h1-7H,8H2,(H,19,20). The molecular weight excluding hydrogens is 332 g/mol. The molecule has 2 rings (SSSR count). The molecule has 0 aliphatic rings. The van der Waals surface area contributed by atoms with Crippen molar-refractivity contribution in [3.05, 3.63) is 63.9 Å². The van der Waals surface area contributed by atoms with Crippen molar-refractivity contribution in [3.8, 4) is 0 Å². The van der Waals surface area contributed by atoms with Crippen molar-refractivity contribution in [1.82, 2.24) is 0 Å². The lowest BCUT2D eigenvalue weighted by atomic mass is 10.2. The topological polar surface area (TPSA) is 55.4 Å². The molecule has 1 amide bonds. The normalized spacial score (nSPS) is 10.1. The first kappa shape index (κ1) is 16.3. The van der Waals surface area contributed by atoms with Crippen molar-refractivity contribution in [2.75, 3.05) is 11.9 Å². The quantitative estimate of drug-likeness (QED) is 0.857. The molecule has 22 heavy (non-hydrogen) atoms. The Morgan fingerprint density at radius 1 is 1.09 bits per heavy atom. The number of ether oxygens (including phenoxy) is 1. The summed E-state index contributed by atoms with van der Waals surface area (Å²) in [6, 6.07) is 9.58. The summed E-state index contributed by atoms with van der Waals surface area (Å²) in [5.74, 6) is -1.76. The molecule has 0 radical (unpaired) electrons. The molecule has 0 saturated heterocycles. The number of nitrogens with one attached hydrogen (secondary N) is 1. The van der Waals surface area contributed by atoms with Crippen molar-refractivity contribution in [2.24, 2.45) is 0 Å². The van der Waals surface area contributed by atoms with Crippen LogP contribution >= 0.6 is 23.2 Å². The van der Waals surface area contributed by atoms with Gasteiger partial charge in [0.15, 0.2) is 6.61 Å². The number of anilines is 1. The van der Waals surface area contributed by atoms with Crippen LogP contribution in [0, 0.1) is 5.82 Å². The fourth-order valence-electron chi connectivity index (χ4n) is 1.58.